The van der Waals surface area contributed by atoms with Gasteiger partial charge in [-0.1, -0.05) is 41.9 Å². The maximum absolute atomic E-state index is 13.5. The molecule has 1 aliphatic rings. The third-order valence-electron chi connectivity index (χ3n) is 5.21. The highest BCUT2D eigenvalue weighted by atomic mass is 35.5. The first-order valence-corrected chi connectivity index (χ1v) is 12.0. The Hall–Kier alpha value is -2.65. The summed E-state index contributed by atoms with van der Waals surface area (Å²) in [5, 5.41) is 0.188. The third-order valence-corrected chi connectivity index (χ3v) is 7.43. The quantitative estimate of drug-likeness (QED) is 0.520. The molecule has 0 spiro atoms. The van der Waals surface area contributed by atoms with Crippen LogP contribution in [-0.4, -0.2) is 49.8 Å². The summed E-state index contributed by atoms with van der Waals surface area (Å²) in [5.41, 5.74) is 1.06. The molecule has 32 heavy (non-hydrogen) atoms. The van der Waals surface area contributed by atoms with Crippen LogP contribution in [0, 0.1) is 0 Å². The number of rotatable bonds is 7. The van der Waals surface area contributed by atoms with Crippen molar-refractivity contribution in [1.29, 1.82) is 0 Å². The minimum absolute atomic E-state index is 0.0322. The Labute approximate surface area is 192 Å². The summed E-state index contributed by atoms with van der Waals surface area (Å²) in [6, 6.07) is 17.3. The second-order valence-corrected chi connectivity index (χ2v) is 9.73. The minimum atomic E-state index is -3.76. The number of furan rings is 1. The molecule has 1 aromatic heterocycles. The largest absolute Gasteiger partial charge is 0.467 e. The summed E-state index contributed by atoms with van der Waals surface area (Å²) in [5.74, 6) is 0.233. The van der Waals surface area contributed by atoms with Crippen LogP contribution < -0.4 is 0 Å². The Bertz CT molecular complexity index is 1160. The SMILES string of the molecule is O=C(c1cc(S(=O)(=O)N2CCOCC2)ccc1Cl)N(Cc1ccccc1)Cc1ccco1. The molecule has 3 aromatic rings. The van der Waals surface area contributed by atoms with Gasteiger partial charge in [0.15, 0.2) is 0 Å². The van der Waals surface area contributed by atoms with Gasteiger partial charge in [-0.3, -0.25) is 4.79 Å². The van der Waals surface area contributed by atoms with Crippen molar-refractivity contribution in [1.82, 2.24) is 9.21 Å². The van der Waals surface area contributed by atoms with Crippen molar-refractivity contribution in [2.45, 2.75) is 18.0 Å². The number of hydrogen-bond acceptors (Lipinski definition) is 5. The fraction of sp³-hybridized carbons (Fsp3) is 0.261. The van der Waals surface area contributed by atoms with Crippen molar-refractivity contribution >= 4 is 27.5 Å². The fourth-order valence-corrected chi connectivity index (χ4v) is 5.16. The van der Waals surface area contributed by atoms with Crippen LogP contribution in [0.1, 0.15) is 21.7 Å². The van der Waals surface area contributed by atoms with E-state index >= 15 is 0 Å². The maximum Gasteiger partial charge on any atom is 0.256 e. The van der Waals surface area contributed by atoms with E-state index in [-0.39, 0.29) is 41.0 Å². The van der Waals surface area contributed by atoms with Gasteiger partial charge in [0.2, 0.25) is 10.0 Å². The van der Waals surface area contributed by atoms with Gasteiger partial charge >= 0.3 is 0 Å². The van der Waals surface area contributed by atoms with Gasteiger partial charge in [0.05, 0.1) is 41.5 Å². The summed E-state index contributed by atoms with van der Waals surface area (Å²) in [6.45, 7) is 1.76. The Morgan fingerprint density at radius 2 is 1.75 bits per heavy atom. The van der Waals surface area contributed by atoms with Gasteiger partial charge in [-0.25, -0.2) is 8.42 Å². The number of halogens is 1. The molecule has 2 heterocycles. The normalized spacial score (nSPS) is 14.9. The molecule has 0 radical (unpaired) electrons. The van der Waals surface area contributed by atoms with Gasteiger partial charge in [-0.15, -0.1) is 0 Å². The molecule has 0 N–H and O–H groups in total. The van der Waals surface area contributed by atoms with Crippen LogP contribution in [0.3, 0.4) is 0 Å². The summed E-state index contributed by atoms with van der Waals surface area (Å²) < 4.78 is 38.2. The predicted molar refractivity (Wildman–Crippen MR) is 120 cm³/mol. The Morgan fingerprint density at radius 3 is 2.44 bits per heavy atom. The Kier molecular flexibility index (Phi) is 6.95. The second kappa shape index (κ2) is 9.87. The lowest BCUT2D eigenvalue weighted by atomic mass is 10.1. The molecule has 0 saturated carbocycles. The highest BCUT2D eigenvalue weighted by Crippen LogP contribution is 2.26. The van der Waals surface area contributed by atoms with Crippen LogP contribution in [0.2, 0.25) is 5.02 Å². The molecular formula is C23H23ClN2O5S. The van der Waals surface area contributed by atoms with E-state index in [0.29, 0.717) is 25.5 Å². The number of amides is 1. The van der Waals surface area contributed by atoms with Crippen molar-refractivity contribution in [3.05, 3.63) is 88.8 Å². The zero-order valence-corrected chi connectivity index (χ0v) is 18.9. The number of carbonyl (C=O) groups is 1. The van der Waals surface area contributed by atoms with Crippen LogP contribution >= 0.6 is 11.6 Å². The van der Waals surface area contributed by atoms with Gasteiger partial charge in [-0.05, 0) is 35.9 Å². The zero-order valence-electron chi connectivity index (χ0n) is 17.3. The van der Waals surface area contributed by atoms with Gasteiger partial charge < -0.3 is 14.1 Å². The summed E-state index contributed by atoms with van der Waals surface area (Å²) in [6.07, 6.45) is 1.54. The number of ether oxygens (including phenoxy) is 1. The van der Waals surface area contributed by atoms with Gasteiger partial charge in [-0.2, -0.15) is 4.31 Å². The first-order chi connectivity index (χ1) is 15.4. The monoisotopic (exact) mass is 474 g/mol. The average Bonchev–Trinajstić information content (AvgIpc) is 3.33. The van der Waals surface area contributed by atoms with E-state index < -0.39 is 10.0 Å². The van der Waals surface area contributed by atoms with E-state index in [9.17, 15) is 13.2 Å². The molecule has 1 saturated heterocycles. The summed E-state index contributed by atoms with van der Waals surface area (Å²) in [7, 11) is -3.76. The Morgan fingerprint density at radius 1 is 1.00 bits per heavy atom. The lowest BCUT2D eigenvalue weighted by Gasteiger charge is -2.26. The van der Waals surface area contributed by atoms with Crippen LogP contribution in [0.5, 0.6) is 0 Å². The lowest BCUT2D eigenvalue weighted by Crippen LogP contribution is -2.40. The Balaban J connectivity index is 1.66. The molecule has 9 heteroatoms. The molecule has 7 nitrogen and oxygen atoms in total. The molecule has 4 rings (SSSR count). The molecule has 0 bridgehead atoms. The van der Waals surface area contributed by atoms with E-state index in [4.69, 9.17) is 20.8 Å². The van der Waals surface area contributed by atoms with Gasteiger partial charge in [0.1, 0.15) is 5.76 Å². The highest BCUT2D eigenvalue weighted by Gasteiger charge is 2.29. The molecule has 1 amide bonds. The van der Waals surface area contributed by atoms with Crippen molar-refractivity contribution < 1.29 is 22.4 Å². The topological polar surface area (TPSA) is 80.1 Å². The third kappa shape index (κ3) is 5.05. The van der Waals surface area contributed by atoms with Gasteiger partial charge in [0, 0.05) is 19.6 Å². The average molecular weight is 475 g/mol. The molecule has 0 aliphatic carbocycles. The van der Waals surface area contributed by atoms with Crippen molar-refractivity contribution in [2.75, 3.05) is 26.3 Å². The number of hydrogen-bond donors (Lipinski definition) is 0. The first kappa shape index (κ1) is 22.5. The van der Waals surface area contributed by atoms with Crippen LogP contribution in [0.15, 0.2) is 76.2 Å². The van der Waals surface area contributed by atoms with Crippen molar-refractivity contribution in [3.8, 4) is 0 Å². The van der Waals surface area contributed by atoms with Crippen molar-refractivity contribution in [2.24, 2.45) is 0 Å². The van der Waals surface area contributed by atoms with E-state index in [0.717, 1.165) is 5.56 Å². The van der Waals surface area contributed by atoms with E-state index in [1.807, 2.05) is 30.3 Å². The van der Waals surface area contributed by atoms with Gasteiger partial charge in [0.25, 0.3) is 5.91 Å². The number of sulfonamides is 1. The molecule has 168 valence electrons. The second-order valence-electron chi connectivity index (χ2n) is 7.38. The number of carbonyl (C=O) groups excluding carboxylic acids is 1. The number of benzene rings is 2. The molecule has 2 aromatic carbocycles. The van der Waals surface area contributed by atoms with E-state index in [2.05, 4.69) is 0 Å². The summed E-state index contributed by atoms with van der Waals surface area (Å²) >= 11 is 6.36. The van der Waals surface area contributed by atoms with E-state index in [1.165, 1.54) is 22.5 Å². The molecule has 0 atom stereocenters. The first-order valence-electron chi connectivity index (χ1n) is 10.2. The fourth-order valence-electron chi connectivity index (χ4n) is 3.53. The van der Waals surface area contributed by atoms with Crippen LogP contribution in [0.4, 0.5) is 0 Å². The van der Waals surface area contributed by atoms with Crippen molar-refractivity contribution in [3.63, 3.8) is 0 Å². The van der Waals surface area contributed by atoms with Crippen LogP contribution in [-0.2, 0) is 27.8 Å². The molecule has 1 aliphatic heterocycles. The number of nitrogens with zero attached hydrogens (tertiary/aromatic N) is 2. The number of morpholine rings is 1. The molecule has 1 fully saturated rings. The van der Waals surface area contributed by atoms with E-state index in [1.54, 1.807) is 23.3 Å². The van der Waals surface area contributed by atoms with Crippen LogP contribution in [0.25, 0.3) is 0 Å². The smallest absolute Gasteiger partial charge is 0.256 e. The standard InChI is InChI=1S/C23H23ClN2O5S/c24-22-9-8-20(32(28,29)26-10-13-30-14-11-26)15-21(22)23(27)25(17-19-7-4-12-31-19)16-18-5-2-1-3-6-18/h1-9,12,15H,10-11,13-14,16-17H2. The molecule has 0 unspecified atom stereocenters. The summed E-state index contributed by atoms with van der Waals surface area (Å²) in [4.78, 5) is 15.1. The minimum Gasteiger partial charge on any atom is -0.467 e. The molecular weight excluding hydrogens is 452 g/mol. The predicted octanol–water partition coefficient (Wildman–Crippen LogP) is 3.80. The zero-order chi connectivity index (χ0) is 22.6. The lowest BCUT2D eigenvalue weighted by molar-refractivity contribution is 0.0716. The maximum atomic E-state index is 13.5. The highest BCUT2D eigenvalue weighted by molar-refractivity contribution is 7.89.